The normalized spacial score (nSPS) is 17.5. The molecular weight excluding hydrogens is 825 g/mol. The van der Waals surface area contributed by atoms with Gasteiger partial charge in [0.05, 0.1) is 13.2 Å². The van der Waals surface area contributed by atoms with Gasteiger partial charge in [-0.2, -0.15) is 0 Å². The van der Waals surface area contributed by atoms with Crippen molar-refractivity contribution in [2.75, 3.05) is 19.8 Å². The number of ether oxygens (including phenoxy) is 1. The summed E-state index contributed by atoms with van der Waals surface area (Å²) in [6.45, 7) is 38.8. The molecule has 0 aliphatic carbocycles. The molecule has 0 aliphatic heterocycles. The topological polar surface area (TPSA) is 105 Å². The first-order valence-corrected chi connectivity index (χ1v) is 45.8. The highest BCUT2D eigenvalue weighted by molar-refractivity contribution is 6.92. The summed E-state index contributed by atoms with van der Waals surface area (Å²) < 4.78 is 48.9. The minimum atomic E-state index is -2.93. The first-order valence-electron chi connectivity index (χ1n) is 22.0. The van der Waals surface area contributed by atoms with E-state index in [2.05, 4.69) is 112 Å². The minimum absolute atomic E-state index is 0.121. The molecule has 0 aromatic heterocycles. The number of aliphatic hydroxyl groups is 2. The average molecular weight is 920 g/mol. The first kappa shape index (κ1) is 56.4. The molecule has 0 heterocycles. The number of unbranched alkanes of at least 4 members (excludes halogenated alkanes) is 11. The van der Waals surface area contributed by atoms with E-state index in [-0.39, 0.29) is 13.2 Å². The Kier molecular flexibility index (Phi) is 26.6. The minimum Gasteiger partial charge on any atom is -0.456 e. The smallest absolute Gasteiger partial charge is 0.317 e. The lowest BCUT2D eigenvalue weighted by Crippen LogP contribution is -2.62. The van der Waals surface area contributed by atoms with Gasteiger partial charge in [0.1, 0.15) is 6.10 Å². The van der Waals surface area contributed by atoms with E-state index < -0.39 is 73.6 Å². The Morgan fingerprint density at radius 3 is 1.25 bits per heavy atom. The molecule has 4 atom stereocenters. The molecule has 9 nitrogen and oxygen atoms in total. The zero-order valence-corrected chi connectivity index (χ0v) is 47.5. The van der Waals surface area contributed by atoms with Gasteiger partial charge in [0.15, 0.2) is 33.3 Å². The van der Waals surface area contributed by atoms with Gasteiger partial charge < -0.3 is 39.6 Å². The van der Waals surface area contributed by atoms with E-state index in [1.807, 2.05) is 0 Å². The molecule has 332 valence electrons. The Bertz CT molecular complexity index is 1010. The molecule has 0 amide bonds. The quantitative estimate of drug-likeness (QED) is 0.0475. The van der Waals surface area contributed by atoms with Gasteiger partial charge in [-0.3, -0.25) is 0 Å². The molecule has 0 saturated carbocycles. The maximum Gasteiger partial charge on any atom is 0.317 e. The van der Waals surface area contributed by atoms with Crippen molar-refractivity contribution in [2.24, 2.45) is 0 Å². The van der Waals surface area contributed by atoms with Gasteiger partial charge in [-0.15, -0.1) is 0 Å². The van der Waals surface area contributed by atoms with Crippen molar-refractivity contribution in [3.63, 3.8) is 0 Å². The van der Waals surface area contributed by atoms with Crippen LogP contribution >= 0.6 is 0 Å². The highest BCUT2D eigenvalue weighted by Crippen LogP contribution is 2.36. The van der Waals surface area contributed by atoms with Crippen molar-refractivity contribution in [2.45, 2.75) is 225 Å². The Hall–Kier alpha value is 1.38. The summed E-state index contributed by atoms with van der Waals surface area (Å²) in [7, 11) is -18.6. The van der Waals surface area contributed by atoms with Crippen LogP contribution in [0.4, 0.5) is 0 Å². The van der Waals surface area contributed by atoms with Crippen LogP contribution in [0.15, 0.2) is 0 Å². The van der Waals surface area contributed by atoms with E-state index in [1.54, 1.807) is 0 Å². The van der Waals surface area contributed by atoms with Crippen LogP contribution in [0.1, 0.15) is 90.4 Å². The molecule has 55 heavy (non-hydrogen) atoms. The summed E-state index contributed by atoms with van der Waals surface area (Å²) in [5.41, 5.74) is 0. The highest BCUT2D eigenvalue weighted by atomic mass is 28.5. The molecule has 0 fully saturated rings. The molecule has 0 aromatic carbocycles. The number of hydrogen-bond acceptors (Lipinski definition) is 9. The molecule has 0 rings (SSSR count). The van der Waals surface area contributed by atoms with E-state index in [1.165, 1.54) is 70.6 Å². The molecule has 0 saturated heterocycles. The third-order valence-electron chi connectivity index (χ3n) is 9.09. The standard InChI is InChI=1S/C38H94O9Si8/c1-18-19-20-21-22-23-24-25-26-27-28-29-32-54(16,45-52(13,14)43-49(5,6)7)47-55(17,35-34-51(11,12)42-48(2,3)4)46-53(15,44-50(8,9)10)33-30-31-41-37-38(40)36-39/h38-40H,18-37H2,1-17H3. The maximum absolute atomic E-state index is 9.80. The van der Waals surface area contributed by atoms with Crippen molar-refractivity contribution in [3.05, 3.63) is 0 Å². The predicted octanol–water partition coefficient (Wildman–Crippen LogP) is 12.2. The van der Waals surface area contributed by atoms with E-state index in [0.29, 0.717) is 6.61 Å². The molecule has 0 bridgehead atoms. The van der Waals surface area contributed by atoms with Crippen molar-refractivity contribution in [3.8, 4) is 0 Å². The summed E-state index contributed by atoms with van der Waals surface area (Å²) in [5, 5.41) is 19.0. The van der Waals surface area contributed by atoms with E-state index in [0.717, 1.165) is 37.0 Å². The maximum atomic E-state index is 9.80. The van der Waals surface area contributed by atoms with Crippen LogP contribution < -0.4 is 0 Å². The molecule has 0 spiro atoms. The number of hydrogen-bond donors (Lipinski definition) is 2. The Morgan fingerprint density at radius 1 is 0.418 bits per heavy atom. The van der Waals surface area contributed by atoms with Gasteiger partial charge in [-0.1, -0.05) is 84.0 Å². The SMILES string of the molecule is CCCCCCCCCCCCCC[Si](C)(O[Si](C)(C)O[Si](C)(C)C)O[Si](C)(CC[Si](C)(C)O[Si](C)(C)C)O[Si](C)(CCCOCC(O)CO)O[Si](C)(C)C. The Morgan fingerprint density at radius 2 is 0.818 bits per heavy atom. The summed E-state index contributed by atoms with van der Waals surface area (Å²) in [4.78, 5) is 0. The largest absolute Gasteiger partial charge is 0.456 e. The summed E-state index contributed by atoms with van der Waals surface area (Å²) in [6, 6.07) is 3.51. The fourth-order valence-electron chi connectivity index (χ4n) is 7.67. The lowest BCUT2D eigenvalue weighted by molar-refractivity contribution is 0.00623. The fourth-order valence-corrected chi connectivity index (χ4v) is 47.8. The van der Waals surface area contributed by atoms with Crippen molar-refractivity contribution >= 4 is 67.5 Å². The molecule has 0 aromatic rings. The fraction of sp³-hybridized carbons (Fsp3) is 1.00. The second kappa shape index (κ2) is 26.0. The van der Waals surface area contributed by atoms with Gasteiger partial charge in [0, 0.05) is 6.61 Å². The first-order chi connectivity index (χ1) is 25.0. The monoisotopic (exact) mass is 919 g/mol. The Labute approximate surface area is 350 Å². The Balaban J connectivity index is 6.37. The zero-order valence-electron chi connectivity index (χ0n) is 39.5. The van der Waals surface area contributed by atoms with Crippen molar-refractivity contribution in [1.29, 1.82) is 0 Å². The molecule has 4 unspecified atom stereocenters. The van der Waals surface area contributed by atoms with Gasteiger partial charge >= 0.3 is 34.2 Å². The second-order valence-corrected chi connectivity index (χ2v) is 53.4. The molecule has 2 N–H and O–H groups in total. The van der Waals surface area contributed by atoms with Gasteiger partial charge in [-0.05, 0) is 135 Å². The van der Waals surface area contributed by atoms with Crippen LogP contribution in [0.3, 0.4) is 0 Å². The number of rotatable bonds is 35. The van der Waals surface area contributed by atoms with Gasteiger partial charge in [0.2, 0.25) is 0 Å². The van der Waals surface area contributed by atoms with Crippen LogP contribution in [0.25, 0.3) is 0 Å². The average Bonchev–Trinajstić information content (AvgIpc) is 2.96. The van der Waals surface area contributed by atoms with Gasteiger partial charge in [-0.25, -0.2) is 0 Å². The summed E-state index contributed by atoms with van der Waals surface area (Å²) in [5.74, 6) is 0. The van der Waals surface area contributed by atoms with Gasteiger partial charge in [0.25, 0.3) is 0 Å². The van der Waals surface area contributed by atoms with Crippen LogP contribution in [-0.4, -0.2) is 104 Å². The zero-order chi connectivity index (χ0) is 42.7. The third-order valence-corrected chi connectivity index (χ3v) is 38.6. The van der Waals surface area contributed by atoms with Crippen LogP contribution in [-0.2, 0) is 29.4 Å². The van der Waals surface area contributed by atoms with E-state index in [4.69, 9.17) is 29.4 Å². The summed E-state index contributed by atoms with van der Waals surface area (Å²) in [6.07, 6.45) is 15.7. The lowest BCUT2D eigenvalue weighted by atomic mass is 10.1. The van der Waals surface area contributed by atoms with Crippen molar-refractivity contribution in [1.82, 2.24) is 0 Å². The van der Waals surface area contributed by atoms with E-state index >= 15 is 0 Å². The lowest BCUT2D eigenvalue weighted by Gasteiger charge is -2.46. The number of aliphatic hydroxyl groups excluding tert-OH is 2. The van der Waals surface area contributed by atoms with Crippen molar-refractivity contribution < 1.29 is 39.6 Å². The molecular formula is C38H94O9Si8. The molecule has 17 heteroatoms. The summed E-state index contributed by atoms with van der Waals surface area (Å²) >= 11 is 0. The highest BCUT2D eigenvalue weighted by Gasteiger charge is 2.52. The molecule has 0 aliphatic rings. The van der Waals surface area contributed by atoms with Crippen LogP contribution in [0.5, 0.6) is 0 Å². The van der Waals surface area contributed by atoms with E-state index in [9.17, 15) is 10.2 Å². The van der Waals surface area contributed by atoms with Crippen LogP contribution in [0, 0.1) is 0 Å². The third kappa shape index (κ3) is 31.9. The second-order valence-electron chi connectivity index (χ2n) is 20.7. The predicted molar refractivity (Wildman–Crippen MR) is 255 cm³/mol. The van der Waals surface area contributed by atoms with Crippen LogP contribution in [0.2, 0.25) is 129 Å². The molecule has 0 radical (unpaired) electrons.